The van der Waals surface area contributed by atoms with Gasteiger partial charge in [0.25, 0.3) is 0 Å². The van der Waals surface area contributed by atoms with E-state index < -0.39 is 0 Å². The summed E-state index contributed by atoms with van der Waals surface area (Å²) >= 11 is 0. The summed E-state index contributed by atoms with van der Waals surface area (Å²) in [6.45, 7) is 4.22. The lowest BCUT2D eigenvalue weighted by molar-refractivity contribution is 0.668. The minimum absolute atomic E-state index is 0.634. The van der Waals surface area contributed by atoms with Gasteiger partial charge < -0.3 is 11.1 Å². The summed E-state index contributed by atoms with van der Waals surface area (Å²) in [5, 5.41) is 8.89. The van der Waals surface area contributed by atoms with Crippen LogP contribution >= 0.6 is 0 Å². The maximum Gasteiger partial charge on any atom is 0.0765 e. The molecule has 0 aromatic heterocycles. The van der Waals surface area contributed by atoms with Gasteiger partial charge >= 0.3 is 0 Å². The molecule has 4 N–H and O–H groups in total. The summed E-state index contributed by atoms with van der Waals surface area (Å²) in [5.74, 6) is 0. The van der Waals surface area contributed by atoms with Gasteiger partial charge in [-0.05, 0) is 7.05 Å². The summed E-state index contributed by atoms with van der Waals surface area (Å²) in [5.41, 5.74) is 4.39. The second-order valence-electron chi connectivity index (χ2n) is 1.61. The molecule has 0 aliphatic carbocycles. The van der Waals surface area contributed by atoms with Crippen molar-refractivity contribution in [2.45, 2.75) is 19.9 Å². The summed E-state index contributed by atoms with van der Waals surface area (Å²) in [6, 6.07) is 0.634. The third kappa shape index (κ3) is 52.1. The van der Waals surface area contributed by atoms with Crippen LogP contribution in [0.25, 0.3) is 0 Å². The second-order valence-corrected chi connectivity index (χ2v) is 1.61. The predicted octanol–water partition coefficient (Wildman–Crippen LogP) is 0.166. The van der Waals surface area contributed by atoms with Crippen LogP contribution in [0.1, 0.15) is 13.8 Å². The molecule has 3 nitrogen and oxygen atoms in total. The highest BCUT2D eigenvalue weighted by Crippen LogP contribution is 1.66. The van der Waals surface area contributed by atoms with Crippen LogP contribution in [0.5, 0.6) is 0 Å². The third-order valence-electron chi connectivity index (χ3n) is 0.577. The molecule has 0 amide bonds. The van der Waals surface area contributed by atoms with E-state index in [1.165, 1.54) is 0 Å². The van der Waals surface area contributed by atoms with Gasteiger partial charge in [-0.25, -0.2) is 0 Å². The van der Waals surface area contributed by atoms with E-state index in [0.29, 0.717) is 6.04 Å². The predicted molar refractivity (Wildman–Crippen MR) is 37.2 cm³/mol. The fourth-order valence-corrected chi connectivity index (χ4v) is 0. The Morgan fingerprint density at radius 1 is 1.62 bits per heavy atom. The van der Waals surface area contributed by atoms with E-state index in [0.717, 1.165) is 6.34 Å². The molecule has 0 radical (unpaired) electrons. The lowest BCUT2D eigenvalue weighted by Crippen LogP contribution is -2.15. The molecule has 0 heterocycles. The molecule has 0 aromatic rings. The van der Waals surface area contributed by atoms with Gasteiger partial charge in [-0.3, -0.25) is 5.41 Å². The molecule has 3 heteroatoms. The van der Waals surface area contributed by atoms with Crippen molar-refractivity contribution in [3.05, 3.63) is 0 Å². The first kappa shape index (κ1) is 10.4. The van der Waals surface area contributed by atoms with E-state index in [1.54, 1.807) is 0 Å². The Kier molecular flexibility index (Phi) is 12.6. The molecule has 0 aliphatic rings. The monoisotopic (exact) mass is 117 g/mol. The molecular weight excluding hydrogens is 102 g/mol. The third-order valence-corrected chi connectivity index (χ3v) is 0.577. The van der Waals surface area contributed by atoms with Crippen LogP contribution in [-0.4, -0.2) is 19.4 Å². The normalized spacial score (nSPS) is 7.50. The molecule has 50 valence electrons. The molecule has 0 unspecified atom stereocenters. The Bertz CT molecular complexity index is 42.9. The Morgan fingerprint density at radius 2 is 1.75 bits per heavy atom. The van der Waals surface area contributed by atoms with Crippen molar-refractivity contribution in [2.75, 3.05) is 7.05 Å². The maximum absolute atomic E-state index is 5.86. The van der Waals surface area contributed by atoms with Crippen molar-refractivity contribution in [2.24, 2.45) is 5.73 Å². The topological polar surface area (TPSA) is 61.9 Å². The van der Waals surface area contributed by atoms with E-state index in [4.69, 9.17) is 5.41 Å². The molecule has 0 spiro atoms. The first-order chi connectivity index (χ1) is 3.68. The fraction of sp³-hybridized carbons (Fsp3) is 0.800. The minimum Gasteiger partial charge on any atom is -0.390 e. The lowest BCUT2D eigenvalue weighted by Gasteiger charge is -1.95. The zero-order valence-electron chi connectivity index (χ0n) is 5.73. The van der Waals surface area contributed by atoms with Gasteiger partial charge in [-0.1, -0.05) is 13.8 Å². The molecule has 0 bridgehead atoms. The zero-order valence-corrected chi connectivity index (χ0v) is 5.73. The van der Waals surface area contributed by atoms with Crippen molar-refractivity contribution >= 4 is 6.34 Å². The van der Waals surface area contributed by atoms with Gasteiger partial charge in [0.15, 0.2) is 0 Å². The van der Waals surface area contributed by atoms with Crippen LogP contribution in [0.4, 0.5) is 0 Å². The quantitative estimate of drug-likeness (QED) is 0.338. The molecule has 0 rings (SSSR count). The number of nitrogens with one attached hydrogen (secondary N) is 2. The summed E-state index contributed by atoms with van der Waals surface area (Å²) in [4.78, 5) is 0. The molecule has 8 heavy (non-hydrogen) atoms. The molecule has 0 aromatic carbocycles. The highest BCUT2D eigenvalue weighted by Gasteiger charge is 1.76. The van der Waals surface area contributed by atoms with Crippen molar-refractivity contribution < 1.29 is 0 Å². The van der Waals surface area contributed by atoms with Crippen LogP contribution in [0, 0.1) is 5.41 Å². The first-order valence-corrected chi connectivity index (χ1v) is 2.57. The average Bonchev–Trinajstić information content (AvgIpc) is 1.69. The van der Waals surface area contributed by atoms with Gasteiger partial charge in [0.1, 0.15) is 0 Å². The maximum atomic E-state index is 5.86. The number of hydrogen-bond donors (Lipinski definition) is 3. The van der Waals surface area contributed by atoms with E-state index in [2.05, 4.69) is 24.9 Å². The summed E-state index contributed by atoms with van der Waals surface area (Å²) in [6.07, 6.45) is 0.750. The lowest BCUT2D eigenvalue weighted by atomic mass is 10.4. The smallest absolute Gasteiger partial charge is 0.0765 e. The van der Waals surface area contributed by atoms with E-state index in [1.807, 2.05) is 7.05 Å². The van der Waals surface area contributed by atoms with Crippen molar-refractivity contribution in [1.82, 2.24) is 5.32 Å². The highest BCUT2D eigenvalue weighted by atomic mass is 14.8. The highest BCUT2D eigenvalue weighted by molar-refractivity contribution is 5.46. The zero-order chi connectivity index (χ0) is 6.99. The van der Waals surface area contributed by atoms with E-state index in [9.17, 15) is 0 Å². The van der Waals surface area contributed by atoms with E-state index >= 15 is 0 Å². The summed E-state index contributed by atoms with van der Waals surface area (Å²) < 4.78 is 0. The largest absolute Gasteiger partial charge is 0.390 e. The van der Waals surface area contributed by atoms with Crippen LogP contribution in [0.2, 0.25) is 0 Å². The van der Waals surface area contributed by atoms with Gasteiger partial charge in [-0.15, -0.1) is 0 Å². The molecule has 0 atom stereocenters. The first-order valence-electron chi connectivity index (χ1n) is 2.57. The Hall–Kier alpha value is -0.570. The average molecular weight is 117 g/mol. The van der Waals surface area contributed by atoms with Crippen molar-refractivity contribution in [3.8, 4) is 0 Å². The SMILES string of the molecule is CNC(C)C.N=CN. The Morgan fingerprint density at radius 3 is 1.75 bits per heavy atom. The minimum atomic E-state index is 0.634. The van der Waals surface area contributed by atoms with Crippen LogP contribution in [0.15, 0.2) is 0 Å². The van der Waals surface area contributed by atoms with Crippen LogP contribution in [0.3, 0.4) is 0 Å². The fourth-order valence-electron chi connectivity index (χ4n) is 0. The molecule has 0 saturated carbocycles. The Labute approximate surface area is 50.8 Å². The van der Waals surface area contributed by atoms with Gasteiger partial charge in [0.05, 0.1) is 6.34 Å². The second kappa shape index (κ2) is 9.66. The molecule has 0 fully saturated rings. The molecule has 0 saturated heterocycles. The standard InChI is InChI=1S/C4H11N.CH4N2/c1-4(2)5-3;2-1-3/h4-5H,1-3H3;1H,(H3,2,3). The van der Waals surface area contributed by atoms with Crippen molar-refractivity contribution in [3.63, 3.8) is 0 Å². The van der Waals surface area contributed by atoms with E-state index in [-0.39, 0.29) is 0 Å². The van der Waals surface area contributed by atoms with Crippen molar-refractivity contribution in [1.29, 1.82) is 5.41 Å². The van der Waals surface area contributed by atoms with Gasteiger partial charge in [0, 0.05) is 6.04 Å². The molecular formula is C5H15N3. The number of hydrogen-bond acceptors (Lipinski definition) is 2. The van der Waals surface area contributed by atoms with Gasteiger partial charge in [0.2, 0.25) is 0 Å². The molecule has 0 aliphatic heterocycles. The Balaban J connectivity index is 0. The summed E-state index contributed by atoms with van der Waals surface area (Å²) in [7, 11) is 1.95. The van der Waals surface area contributed by atoms with Crippen LogP contribution < -0.4 is 11.1 Å². The number of nitrogens with two attached hydrogens (primary N) is 1. The van der Waals surface area contributed by atoms with Crippen LogP contribution in [-0.2, 0) is 0 Å². The van der Waals surface area contributed by atoms with Gasteiger partial charge in [-0.2, -0.15) is 0 Å². The number of rotatable bonds is 1.